The van der Waals surface area contributed by atoms with Crippen LogP contribution in [0.5, 0.6) is 0 Å². The van der Waals surface area contributed by atoms with Crippen LogP contribution in [-0.2, 0) is 6.54 Å². The maximum atomic E-state index is 8.93. The van der Waals surface area contributed by atoms with Crippen molar-refractivity contribution in [3.63, 3.8) is 0 Å². The topological polar surface area (TPSA) is 78.5 Å². The zero-order chi connectivity index (χ0) is 8.81. The fourth-order valence-electron chi connectivity index (χ4n) is 0.760. The second-order valence-electron chi connectivity index (χ2n) is 2.46. The van der Waals surface area contributed by atoms with Gasteiger partial charge in [0.15, 0.2) is 0 Å². The third-order valence-electron chi connectivity index (χ3n) is 1.39. The number of hydrogen-bond acceptors (Lipinski definition) is 5. The molecule has 0 saturated carbocycles. The largest absolute Gasteiger partial charge is 0.394 e. The molecule has 1 aromatic heterocycles. The summed E-state index contributed by atoms with van der Waals surface area (Å²) in [6.07, 6.45) is 0.774. The van der Waals surface area contributed by atoms with Gasteiger partial charge < -0.3 is 20.1 Å². The maximum Gasteiger partial charge on any atom is 0.124 e. The van der Waals surface area contributed by atoms with E-state index in [1.807, 2.05) is 0 Å². The van der Waals surface area contributed by atoms with Gasteiger partial charge in [-0.2, -0.15) is 0 Å². The second-order valence-corrected chi connectivity index (χ2v) is 2.46. The predicted octanol–water partition coefficient (Wildman–Crippen LogP) is -0.883. The molecule has 0 fully saturated rings. The Morgan fingerprint density at radius 3 is 3.08 bits per heavy atom. The average molecular weight is 172 g/mol. The summed E-state index contributed by atoms with van der Waals surface area (Å²) in [6.45, 7) is 0.655. The van der Waals surface area contributed by atoms with Gasteiger partial charge >= 0.3 is 0 Å². The maximum absolute atomic E-state index is 8.93. The van der Waals surface area contributed by atoms with Gasteiger partial charge in [-0.1, -0.05) is 5.16 Å². The molecular weight excluding hydrogens is 160 g/mol. The summed E-state index contributed by atoms with van der Waals surface area (Å²) >= 11 is 0. The van der Waals surface area contributed by atoms with E-state index < -0.39 is 6.10 Å². The molecule has 1 heterocycles. The molecule has 0 aromatic carbocycles. The monoisotopic (exact) mass is 172 g/mol. The van der Waals surface area contributed by atoms with Crippen molar-refractivity contribution in [1.82, 2.24) is 10.5 Å². The standard InChI is InChI=1S/C7H12N2O3/c10-5-7(11)4-8-3-6-1-2-12-9-6/h1-2,7-8,10-11H,3-5H2/t7-/m0/s1. The molecular formula is C7H12N2O3. The molecule has 0 bridgehead atoms. The zero-order valence-electron chi connectivity index (χ0n) is 6.60. The number of aliphatic hydroxyl groups excluding tert-OH is 2. The highest BCUT2D eigenvalue weighted by molar-refractivity contribution is 4.94. The van der Waals surface area contributed by atoms with E-state index in [1.165, 1.54) is 6.26 Å². The van der Waals surface area contributed by atoms with Crippen molar-refractivity contribution in [2.45, 2.75) is 12.6 Å². The minimum Gasteiger partial charge on any atom is -0.394 e. The normalized spacial score (nSPS) is 13.2. The number of nitrogens with one attached hydrogen (secondary N) is 1. The minimum atomic E-state index is -0.711. The van der Waals surface area contributed by atoms with Crippen LogP contribution in [-0.4, -0.2) is 34.6 Å². The fraction of sp³-hybridized carbons (Fsp3) is 0.571. The van der Waals surface area contributed by atoms with E-state index in [0.29, 0.717) is 13.1 Å². The molecule has 0 aliphatic heterocycles. The van der Waals surface area contributed by atoms with Crippen LogP contribution in [0, 0.1) is 0 Å². The SMILES string of the molecule is OC[C@@H](O)CNCc1ccon1. The Morgan fingerprint density at radius 1 is 1.67 bits per heavy atom. The van der Waals surface area contributed by atoms with E-state index in [-0.39, 0.29) is 6.61 Å². The highest BCUT2D eigenvalue weighted by atomic mass is 16.5. The summed E-state index contributed by atoms with van der Waals surface area (Å²) in [5, 5.41) is 24.0. The van der Waals surface area contributed by atoms with Gasteiger partial charge in [0.2, 0.25) is 0 Å². The highest BCUT2D eigenvalue weighted by Crippen LogP contribution is 1.92. The molecule has 0 saturated heterocycles. The van der Waals surface area contributed by atoms with E-state index in [1.54, 1.807) is 6.07 Å². The van der Waals surface area contributed by atoms with Crippen molar-refractivity contribution in [2.24, 2.45) is 0 Å². The zero-order valence-corrected chi connectivity index (χ0v) is 6.60. The van der Waals surface area contributed by atoms with E-state index in [9.17, 15) is 0 Å². The highest BCUT2D eigenvalue weighted by Gasteiger charge is 2.01. The molecule has 5 nitrogen and oxygen atoms in total. The van der Waals surface area contributed by atoms with Crippen LogP contribution in [0.4, 0.5) is 0 Å². The first-order chi connectivity index (χ1) is 5.83. The molecule has 12 heavy (non-hydrogen) atoms. The number of nitrogens with zero attached hydrogens (tertiary/aromatic N) is 1. The average Bonchev–Trinajstić information content (AvgIpc) is 2.57. The molecule has 1 aromatic rings. The Labute approximate surface area is 70.0 Å². The molecule has 5 heteroatoms. The van der Waals surface area contributed by atoms with Crippen LogP contribution in [0.15, 0.2) is 16.9 Å². The molecule has 1 atom stereocenters. The Hall–Kier alpha value is -0.910. The lowest BCUT2D eigenvalue weighted by Crippen LogP contribution is -2.28. The van der Waals surface area contributed by atoms with Crippen LogP contribution in [0.2, 0.25) is 0 Å². The number of rotatable bonds is 5. The molecule has 68 valence electrons. The van der Waals surface area contributed by atoms with E-state index in [0.717, 1.165) is 5.69 Å². The Balaban J connectivity index is 2.11. The molecule has 3 N–H and O–H groups in total. The van der Waals surface area contributed by atoms with Gasteiger partial charge in [-0.05, 0) is 0 Å². The van der Waals surface area contributed by atoms with E-state index in [4.69, 9.17) is 10.2 Å². The third kappa shape index (κ3) is 3.00. The quantitative estimate of drug-likeness (QED) is 0.537. The Morgan fingerprint density at radius 2 is 2.50 bits per heavy atom. The van der Waals surface area contributed by atoms with Gasteiger partial charge in [0.25, 0.3) is 0 Å². The lowest BCUT2D eigenvalue weighted by molar-refractivity contribution is 0.0941. The van der Waals surface area contributed by atoms with Crippen molar-refractivity contribution in [3.05, 3.63) is 18.0 Å². The lowest BCUT2D eigenvalue weighted by atomic mass is 10.3. The van der Waals surface area contributed by atoms with Crippen LogP contribution >= 0.6 is 0 Å². The molecule has 0 radical (unpaired) electrons. The van der Waals surface area contributed by atoms with Gasteiger partial charge in [-0.25, -0.2) is 0 Å². The fourth-order valence-corrected chi connectivity index (χ4v) is 0.760. The van der Waals surface area contributed by atoms with Crippen molar-refractivity contribution in [2.75, 3.05) is 13.2 Å². The Bertz CT molecular complexity index is 200. The molecule has 0 amide bonds. The molecule has 1 rings (SSSR count). The summed E-state index contributed by atoms with van der Waals surface area (Å²) < 4.78 is 4.60. The second kappa shape index (κ2) is 4.87. The van der Waals surface area contributed by atoms with E-state index >= 15 is 0 Å². The molecule has 0 unspecified atom stereocenters. The van der Waals surface area contributed by atoms with Crippen molar-refractivity contribution in [1.29, 1.82) is 0 Å². The number of aromatic nitrogens is 1. The summed E-state index contributed by atoms with van der Waals surface area (Å²) in [5.74, 6) is 0. The van der Waals surface area contributed by atoms with Crippen molar-refractivity contribution >= 4 is 0 Å². The van der Waals surface area contributed by atoms with Crippen LogP contribution < -0.4 is 5.32 Å². The minimum absolute atomic E-state index is 0.230. The summed E-state index contributed by atoms with van der Waals surface area (Å²) in [7, 11) is 0. The van der Waals surface area contributed by atoms with Gasteiger partial charge in [0.1, 0.15) is 6.26 Å². The number of hydrogen-bond donors (Lipinski definition) is 3. The van der Waals surface area contributed by atoms with Crippen LogP contribution in [0.3, 0.4) is 0 Å². The van der Waals surface area contributed by atoms with Gasteiger partial charge in [0.05, 0.1) is 18.4 Å². The van der Waals surface area contributed by atoms with E-state index in [2.05, 4.69) is 15.0 Å². The Kier molecular flexibility index (Phi) is 3.72. The first-order valence-electron chi connectivity index (χ1n) is 3.72. The summed E-state index contributed by atoms with van der Waals surface area (Å²) in [4.78, 5) is 0. The van der Waals surface area contributed by atoms with Crippen molar-refractivity contribution in [3.8, 4) is 0 Å². The smallest absolute Gasteiger partial charge is 0.124 e. The predicted molar refractivity (Wildman–Crippen MR) is 41.3 cm³/mol. The molecule has 0 aliphatic carbocycles. The van der Waals surface area contributed by atoms with Gasteiger partial charge in [-0.15, -0.1) is 0 Å². The summed E-state index contributed by atoms with van der Waals surface area (Å²) in [5.41, 5.74) is 0.778. The summed E-state index contributed by atoms with van der Waals surface area (Å²) in [6, 6.07) is 1.73. The van der Waals surface area contributed by atoms with Crippen LogP contribution in [0.1, 0.15) is 5.69 Å². The van der Waals surface area contributed by atoms with Crippen LogP contribution in [0.25, 0.3) is 0 Å². The molecule has 0 spiro atoms. The third-order valence-corrected chi connectivity index (χ3v) is 1.39. The van der Waals surface area contributed by atoms with Gasteiger partial charge in [-0.3, -0.25) is 0 Å². The van der Waals surface area contributed by atoms with Gasteiger partial charge in [0, 0.05) is 19.2 Å². The number of aliphatic hydroxyl groups is 2. The first kappa shape index (κ1) is 9.18. The lowest BCUT2D eigenvalue weighted by Gasteiger charge is -2.06. The first-order valence-corrected chi connectivity index (χ1v) is 3.72. The van der Waals surface area contributed by atoms with Crippen molar-refractivity contribution < 1.29 is 14.7 Å². The molecule has 0 aliphatic rings.